The summed E-state index contributed by atoms with van der Waals surface area (Å²) in [4.78, 5) is 9.49. The van der Waals surface area contributed by atoms with Crippen LogP contribution in [0, 0.1) is 0 Å². The smallest absolute Gasteiger partial charge is 0.0572 e. The van der Waals surface area contributed by atoms with Crippen LogP contribution in [0.5, 0.6) is 0 Å². The molecule has 1 aromatic rings. The molecule has 4 nitrogen and oxygen atoms in total. The van der Waals surface area contributed by atoms with Gasteiger partial charge in [-0.1, -0.05) is 6.92 Å². The first-order valence-electron chi connectivity index (χ1n) is 7.83. The minimum Gasteiger partial charge on any atom is -0.369 e. The van der Waals surface area contributed by atoms with Gasteiger partial charge in [-0.3, -0.25) is 4.98 Å². The first-order chi connectivity index (χ1) is 9.70. The van der Waals surface area contributed by atoms with E-state index < -0.39 is 0 Å². The largest absolute Gasteiger partial charge is 0.369 e. The SMILES string of the molecule is CCCNC(C)c1ccc(N2CCCN(C)CC2)cn1. The average molecular weight is 276 g/mol. The topological polar surface area (TPSA) is 31.4 Å². The summed E-state index contributed by atoms with van der Waals surface area (Å²) in [6.45, 7) is 9.97. The van der Waals surface area contributed by atoms with Crippen molar-refractivity contribution in [3.05, 3.63) is 24.0 Å². The molecule has 1 fully saturated rings. The van der Waals surface area contributed by atoms with Gasteiger partial charge in [0.25, 0.3) is 0 Å². The van der Waals surface area contributed by atoms with Crippen LogP contribution in [0.25, 0.3) is 0 Å². The van der Waals surface area contributed by atoms with Crippen LogP contribution < -0.4 is 10.2 Å². The molecule has 0 spiro atoms. The van der Waals surface area contributed by atoms with Gasteiger partial charge in [0.15, 0.2) is 0 Å². The number of rotatable bonds is 5. The van der Waals surface area contributed by atoms with Crippen molar-refractivity contribution in [1.29, 1.82) is 0 Å². The Bertz CT molecular complexity index is 390. The number of nitrogens with zero attached hydrogens (tertiary/aromatic N) is 3. The zero-order valence-electron chi connectivity index (χ0n) is 13.1. The molecule has 1 N–H and O–H groups in total. The molecule has 0 aromatic carbocycles. The van der Waals surface area contributed by atoms with E-state index in [1.165, 1.54) is 18.7 Å². The van der Waals surface area contributed by atoms with E-state index >= 15 is 0 Å². The zero-order chi connectivity index (χ0) is 14.4. The van der Waals surface area contributed by atoms with Gasteiger partial charge >= 0.3 is 0 Å². The number of aromatic nitrogens is 1. The molecule has 0 radical (unpaired) electrons. The van der Waals surface area contributed by atoms with E-state index in [1.54, 1.807) is 0 Å². The zero-order valence-corrected chi connectivity index (χ0v) is 13.1. The lowest BCUT2D eigenvalue weighted by atomic mass is 10.2. The van der Waals surface area contributed by atoms with Crippen LogP contribution in [-0.2, 0) is 0 Å². The lowest BCUT2D eigenvalue weighted by molar-refractivity contribution is 0.360. The molecule has 20 heavy (non-hydrogen) atoms. The van der Waals surface area contributed by atoms with Crippen molar-refractivity contribution in [3.8, 4) is 0 Å². The Hall–Kier alpha value is -1.13. The molecule has 1 aliphatic heterocycles. The minimum absolute atomic E-state index is 0.333. The van der Waals surface area contributed by atoms with Crippen LogP contribution in [0.4, 0.5) is 5.69 Å². The predicted octanol–water partition coefficient (Wildman–Crippen LogP) is 2.28. The van der Waals surface area contributed by atoms with Crippen LogP contribution >= 0.6 is 0 Å². The van der Waals surface area contributed by atoms with Gasteiger partial charge < -0.3 is 15.1 Å². The van der Waals surface area contributed by atoms with Crippen LogP contribution in [0.15, 0.2) is 18.3 Å². The summed E-state index contributed by atoms with van der Waals surface area (Å²) in [5, 5.41) is 3.48. The van der Waals surface area contributed by atoms with Gasteiger partial charge in [-0.15, -0.1) is 0 Å². The normalized spacial score (nSPS) is 18.9. The second kappa shape index (κ2) is 7.60. The van der Waals surface area contributed by atoms with E-state index in [-0.39, 0.29) is 0 Å². The number of pyridine rings is 1. The van der Waals surface area contributed by atoms with Gasteiger partial charge in [0.2, 0.25) is 0 Å². The summed E-state index contributed by atoms with van der Waals surface area (Å²) in [5.41, 5.74) is 2.39. The summed E-state index contributed by atoms with van der Waals surface area (Å²) in [6, 6.07) is 4.72. The molecule has 1 atom stereocenters. The fourth-order valence-corrected chi connectivity index (χ4v) is 2.61. The molecule has 0 bridgehead atoms. The summed E-state index contributed by atoms with van der Waals surface area (Å²) < 4.78 is 0. The maximum atomic E-state index is 4.64. The molecule has 1 saturated heterocycles. The van der Waals surface area contributed by atoms with Crippen molar-refractivity contribution in [2.45, 2.75) is 32.7 Å². The highest BCUT2D eigenvalue weighted by Crippen LogP contribution is 2.18. The molecule has 112 valence electrons. The van der Waals surface area contributed by atoms with E-state index in [0.29, 0.717) is 6.04 Å². The van der Waals surface area contributed by atoms with Gasteiger partial charge in [0, 0.05) is 25.7 Å². The van der Waals surface area contributed by atoms with Crippen molar-refractivity contribution in [2.24, 2.45) is 0 Å². The minimum atomic E-state index is 0.333. The van der Waals surface area contributed by atoms with E-state index in [1.807, 2.05) is 6.20 Å². The number of nitrogens with one attached hydrogen (secondary N) is 1. The lowest BCUT2D eigenvalue weighted by Crippen LogP contribution is -2.29. The third-order valence-electron chi connectivity index (χ3n) is 4.00. The maximum Gasteiger partial charge on any atom is 0.0572 e. The molecule has 2 heterocycles. The first kappa shape index (κ1) is 15.3. The summed E-state index contributed by atoms with van der Waals surface area (Å²) in [7, 11) is 2.20. The fraction of sp³-hybridized carbons (Fsp3) is 0.688. The van der Waals surface area contributed by atoms with Crippen molar-refractivity contribution in [2.75, 3.05) is 44.7 Å². The van der Waals surface area contributed by atoms with Gasteiger partial charge in [-0.05, 0) is 52.0 Å². The summed E-state index contributed by atoms with van der Waals surface area (Å²) in [6.07, 6.45) is 4.42. The van der Waals surface area contributed by atoms with E-state index in [4.69, 9.17) is 0 Å². The molecule has 1 unspecified atom stereocenters. The van der Waals surface area contributed by atoms with Crippen LogP contribution in [0.3, 0.4) is 0 Å². The highest BCUT2D eigenvalue weighted by molar-refractivity contribution is 5.45. The molecule has 2 rings (SSSR count). The highest BCUT2D eigenvalue weighted by atomic mass is 15.2. The number of anilines is 1. The second-order valence-electron chi connectivity index (χ2n) is 5.76. The first-order valence-corrected chi connectivity index (χ1v) is 7.83. The molecule has 0 saturated carbocycles. The Morgan fingerprint density at radius 3 is 2.80 bits per heavy atom. The third kappa shape index (κ3) is 4.18. The van der Waals surface area contributed by atoms with Crippen molar-refractivity contribution in [1.82, 2.24) is 15.2 Å². The van der Waals surface area contributed by atoms with Crippen LogP contribution in [-0.4, -0.2) is 49.7 Å². The Morgan fingerprint density at radius 2 is 2.10 bits per heavy atom. The number of hydrogen-bond acceptors (Lipinski definition) is 4. The van der Waals surface area contributed by atoms with E-state index in [0.717, 1.165) is 38.3 Å². The predicted molar refractivity (Wildman–Crippen MR) is 85.3 cm³/mol. The van der Waals surface area contributed by atoms with Crippen molar-refractivity contribution < 1.29 is 0 Å². The Morgan fingerprint density at radius 1 is 1.25 bits per heavy atom. The van der Waals surface area contributed by atoms with Crippen LogP contribution in [0.2, 0.25) is 0 Å². The fourth-order valence-electron chi connectivity index (χ4n) is 2.61. The number of likely N-dealkylation sites (N-methyl/N-ethyl adjacent to an activating group) is 1. The monoisotopic (exact) mass is 276 g/mol. The van der Waals surface area contributed by atoms with Gasteiger partial charge in [0.1, 0.15) is 0 Å². The second-order valence-corrected chi connectivity index (χ2v) is 5.76. The molecule has 1 aromatic heterocycles. The van der Waals surface area contributed by atoms with Crippen molar-refractivity contribution >= 4 is 5.69 Å². The quantitative estimate of drug-likeness (QED) is 0.894. The molecule has 0 aliphatic carbocycles. The summed E-state index contributed by atoms with van der Waals surface area (Å²) >= 11 is 0. The van der Waals surface area contributed by atoms with Gasteiger partial charge in [-0.2, -0.15) is 0 Å². The standard InChI is InChI=1S/C16H28N4/c1-4-8-17-14(2)16-7-6-15(13-18-16)20-10-5-9-19(3)11-12-20/h6-7,13-14,17H,4-5,8-12H2,1-3H3. The van der Waals surface area contributed by atoms with Crippen LogP contribution in [0.1, 0.15) is 38.4 Å². The lowest BCUT2D eigenvalue weighted by Gasteiger charge is -2.23. The molecule has 4 heteroatoms. The third-order valence-corrected chi connectivity index (χ3v) is 4.00. The van der Waals surface area contributed by atoms with Gasteiger partial charge in [-0.25, -0.2) is 0 Å². The van der Waals surface area contributed by atoms with Gasteiger partial charge in [0.05, 0.1) is 17.6 Å². The molecular weight excluding hydrogens is 248 g/mol. The van der Waals surface area contributed by atoms with E-state index in [9.17, 15) is 0 Å². The molecular formula is C16H28N4. The molecule has 0 amide bonds. The summed E-state index contributed by atoms with van der Waals surface area (Å²) in [5.74, 6) is 0. The van der Waals surface area contributed by atoms with E-state index in [2.05, 4.69) is 53.1 Å². The maximum absolute atomic E-state index is 4.64. The Balaban J connectivity index is 1.96. The number of hydrogen-bond donors (Lipinski definition) is 1. The highest BCUT2D eigenvalue weighted by Gasteiger charge is 2.13. The Kier molecular flexibility index (Phi) is 5.80. The Labute approximate surface area is 123 Å². The molecule has 1 aliphatic rings. The average Bonchev–Trinajstić information content (AvgIpc) is 2.70. The van der Waals surface area contributed by atoms with Crippen molar-refractivity contribution in [3.63, 3.8) is 0 Å².